The molecule has 2 aromatic rings. The first-order valence-corrected chi connectivity index (χ1v) is 13.6. The highest BCUT2D eigenvalue weighted by atomic mass is 17.1. The van der Waals surface area contributed by atoms with Crippen LogP contribution in [0.25, 0.3) is 0 Å². The molecule has 0 bridgehead atoms. The Kier molecular flexibility index (Phi) is 13.1. The van der Waals surface area contributed by atoms with Crippen LogP contribution in [0.15, 0.2) is 36.4 Å². The molecular formula is C32H52O3. The van der Waals surface area contributed by atoms with Crippen LogP contribution >= 0.6 is 0 Å². The molecule has 2 rings (SSSR count). The second-order valence-corrected chi connectivity index (χ2v) is 11.0. The maximum Gasteiger partial charge on any atom is 0.122 e. The van der Waals surface area contributed by atoms with Gasteiger partial charge < -0.3 is 4.74 Å². The Morgan fingerprint density at radius 1 is 0.857 bits per heavy atom. The van der Waals surface area contributed by atoms with E-state index in [-0.39, 0.29) is 5.41 Å². The first-order chi connectivity index (χ1) is 16.5. The van der Waals surface area contributed by atoms with E-state index in [1.54, 1.807) is 6.92 Å². The average Bonchev–Trinajstić information content (AvgIpc) is 2.83. The van der Waals surface area contributed by atoms with Gasteiger partial charge in [-0.1, -0.05) is 78.8 Å². The molecule has 198 valence electrons. The maximum atomic E-state index is 7.38. The highest BCUT2D eigenvalue weighted by molar-refractivity contribution is 5.47. The molecule has 0 aromatic heterocycles. The molecule has 0 aliphatic carbocycles. The van der Waals surface area contributed by atoms with Crippen LogP contribution in [-0.2, 0) is 16.7 Å². The molecule has 0 aliphatic rings. The van der Waals surface area contributed by atoms with Crippen molar-refractivity contribution in [2.24, 2.45) is 11.3 Å². The largest absolute Gasteiger partial charge is 0.493 e. The molecule has 2 aromatic carbocycles. The summed E-state index contributed by atoms with van der Waals surface area (Å²) in [5.41, 5.74) is 7.46. The predicted octanol–water partition coefficient (Wildman–Crippen LogP) is 9.31. The molecule has 1 atom stereocenters. The van der Waals surface area contributed by atoms with Gasteiger partial charge in [-0.3, -0.25) is 5.26 Å². The van der Waals surface area contributed by atoms with Gasteiger partial charge in [-0.05, 0) is 98.1 Å². The number of rotatable bonds is 11. The van der Waals surface area contributed by atoms with Gasteiger partial charge in [0.25, 0.3) is 0 Å². The Morgan fingerprint density at radius 3 is 1.83 bits per heavy atom. The van der Waals surface area contributed by atoms with Crippen molar-refractivity contribution in [2.45, 2.75) is 107 Å². The van der Waals surface area contributed by atoms with Crippen LogP contribution in [0.1, 0.15) is 109 Å². The fourth-order valence-corrected chi connectivity index (χ4v) is 4.63. The second-order valence-electron chi connectivity index (χ2n) is 11.0. The Bertz CT molecular complexity index is 873. The lowest BCUT2D eigenvalue weighted by Gasteiger charge is -2.34. The van der Waals surface area contributed by atoms with Crippen LogP contribution in [-0.4, -0.2) is 18.5 Å². The van der Waals surface area contributed by atoms with Crippen molar-refractivity contribution in [3.05, 3.63) is 64.2 Å². The third-order valence-electron chi connectivity index (χ3n) is 7.75. The Balaban J connectivity index is 0.00000142. The number of hydrogen-bond donors (Lipinski definition) is 1. The first kappa shape index (κ1) is 31.2. The van der Waals surface area contributed by atoms with Gasteiger partial charge in [-0.2, -0.15) is 0 Å². The second kappa shape index (κ2) is 14.7. The summed E-state index contributed by atoms with van der Waals surface area (Å²) in [6.45, 7) is 23.6. The molecule has 0 saturated heterocycles. The Morgan fingerprint density at radius 2 is 1.40 bits per heavy atom. The Labute approximate surface area is 216 Å². The van der Waals surface area contributed by atoms with Gasteiger partial charge in [0.1, 0.15) is 5.75 Å². The maximum absolute atomic E-state index is 7.38. The summed E-state index contributed by atoms with van der Waals surface area (Å²) < 4.78 is 5.93. The van der Waals surface area contributed by atoms with Gasteiger partial charge in [0, 0.05) is 5.41 Å². The van der Waals surface area contributed by atoms with E-state index in [2.05, 4.69) is 104 Å². The van der Waals surface area contributed by atoms with Crippen LogP contribution in [0, 0.1) is 25.2 Å². The van der Waals surface area contributed by atoms with Crippen molar-refractivity contribution in [1.82, 2.24) is 0 Å². The monoisotopic (exact) mass is 484 g/mol. The minimum atomic E-state index is 0.0516. The third kappa shape index (κ3) is 8.65. The molecule has 3 heteroatoms. The molecule has 1 N–H and O–H groups in total. The van der Waals surface area contributed by atoms with Crippen LogP contribution in [0.2, 0.25) is 0 Å². The van der Waals surface area contributed by atoms with E-state index in [1.807, 2.05) is 0 Å². The van der Waals surface area contributed by atoms with Gasteiger partial charge >= 0.3 is 0 Å². The summed E-state index contributed by atoms with van der Waals surface area (Å²) in [7, 11) is 0. The molecule has 0 spiro atoms. The van der Waals surface area contributed by atoms with Crippen molar-refractivity contribution in [3.8, 4) is 5.75 Å². The molecule has 0 aliphatic heterocycles. The normalized spacial score (nSPS) is 12.7. The topological polar surface area (TPSA) is 38.7 Å². The molecular weight excluding hydrogens is 432 g/mol. The lowest BCUT2D eigenvalue weighted by Crippen LogP contribution is -2.26. The summed E-state index contributed by atoms with van der Waals surface area (Å²) in [5, 5.41) is 7.38. The summed E-state index contributed by atoms with van der Waals surface area (Å²) in [4.78, 5) is 3.54. The third-order valence-corrected chi connectivity index (χ3v) is 7.75. The molecule has 0 radical (unpaired) electrons. The summed E-state index contributed by atoms with van der Waals surface area (Å²) in [5.74, 6) is 1.74. The van der Waals surface area contributed by atoms with Crippen molar-refractivity contribution in [2.75, 3.05) is 13.2 Å². The summed E-state index contributed by atoms with van der Waals surface area (Å²) in [6.07, 6.45) is 5.64. The number of ether oxygens (including phenoxy) is 1. The number of benzene rings is 2. The summed E-state index contributed by atoms with van der Waals surface area (Å²) in [6, 6.07) is 14.1. The molecule has 3 nitrogen and oxygen atoms in total. The van der Waals surface area contributed by atoms with E-state index in [0.29, 0.717) is 17.9 Å². The van der Waals surface area contributed by atoms with Crippen LogP contribution in [0.5, 0.6) is 5.75 Å². The lowest BCUT2D eigenvalue weighted by atomic mass is 9.69. The zero-order chi connectivity index (χ0) is 26.6. The van der Waals surface area contributed by atoms with E-state index >= 15 is 0 Å². The van der Waals surface area contributed by atoms with E-state index < -0.39 is 0 Å². The van der Waals surface area contributed by atoms with E-state index in [9.17, 15) is 0 Å². The lowest BCUT2D eigenvalue weighted by molar-refractivity contribution is -0.237. The van der Waals surface area contributed by atoms with Gasteiger partial charge in [0.2, 0.25) is 0 Å². The highest BCUT2D eigenvalue weighted by Gasteiger charge is 2.31. The van der Waals surface area contributed by atoms with Crippen molar-refractivity contribution < 1.29 is 14.9 Å². The van der Waals surface area contributed by atoms with Gasteiger partial charge in [-0.15, -0.1) is 0 Å². The SMILES string of the molecule is CCCOc1ccc(C(CC)(CC)c2ccc(CCC(C)C(C)(C)C)c(C)c2)cc1C.CCOO. The quantitative estimate of drug-likeness (QED) is 0.255. The molecule has 0 saturated carbocycles. The zero-order valence-electron chi connectivity index (χ0n) is 24.3. The first-order valence-electron chi connectivity index (χ1n) is 13.6. The van der Waals surface area contributed by atoms with Crippen LogP contribution in [0.3, 0.4) is 0 Å². The summed E-state index contributed by atoms with van der Waals surface area (Å²) >= 11 is 0. The van der Waals surface area contributed by atoms with Gasteiger partial charge in [0.15, 0.2) is 0 Å². The fraction of sp³-hybridized carbons (Fsp3) is 0.625. The van der Waals surface area contributed by atoms with Gasteiger partial charge in [0.05, 0.1) is 13.2 Å². The minimum absolute atomic E-state index is 0.0516. The van der Waals surface area contributed by atoms with E-state index in [0.717, 1.165) is 31.6 Å². The molecule has 0 heterocycles. The molecule has 0 amide bonds. The van der Waals surface area contributed by atoms with E-state index in [4.69, 9.17) is 9.99 Å². The average molecular weight is 485 g/mol. The van der Waals surface area contributed by atoms with Crippen LogP contribution in [0.4, 0.5) is 0 Å². The van der Waals surface area contributed by atoms with Crippen molar-refractivity contribution in [3.63, 3.8) is 0 Å². The van der Waals surface area contributed by atoms with Crippen molar-refractivity contribution >= 4 is 0 Å². The fourth-order valence-electron chi connectivity index (χ4n) is 4.63. The Hall–Kier alpha value is -1.84. The van der Waals surface area contributed by atoms with E-state index in [1.165, 1.54) is 40.7 Å². The minimum Gasteiger partial charge on any atom is -0.493 e. The molecule has 1 unspecified atom stereocenters. The molecule has 0 fully saturated rings. The predicted molar refractivity (Wildman–Crippen MR) is 151 cm³/mol. The van der Waals surface area contributed by atoms with Crippen molar-refractivity contribution in [1.29, 1.82) is 0 Å². The zero-order valence-corrected chi connectivity index (χ0v) is 24.3. The standard InChI is InChI=1S/C30H46O.C2H6O2/c1-10-19-31-28-18-17-27(21-23(28)5)30(11-2,12-3)26-16-15-25(22(4)20-26)14-13-24(6)29(7,8)9;1-2-4-3/h15-18,20-21,24H,10-14,19H2,1-9H3;3H,2H2,1H3. The van der Waals surface area contributed by atoms with Gasteiger partial charge in [-0.25, -0.2) is 4.89 Å². The number of hydrogen-bond acceptors (Lipinski definition) is 3. The highest BCUT2D eigenvalue weighted by Crippen LogP contribution is 2.41. The van der Waals surface area contributed by atoms with Crippen LogP contribution < -0.4 is 4.74 Å². The molecule has 35 heavy (non-hydrogen) atoms. The smallest absolute Gasteiger partial charge is 0.122 e. The number of aryl methyl sites for hydroxylation is 3.